The zero-order valence-corrected chi connectivity index (χ0v) is 13.6. The van der Waals surface area contributed by atoms with E-state index in [4.69, 9.17) is 4.74 Å². The first-order chi connectivity index (χ1) is 11.7. The van der Waals surface area contributed by atoms with Crippen LogP contribution in [0.15, 0.2) is 67.0 Å². The van der Waals surface area contributed by atoms with Crippen LogP contribution < -0.4 is 10.1 Å². The molecule has 0 radical (unpaired) electrons. The van der Waals surface area contributed by atoms with Gasteiger partial charge in [0, 0.05) is 25.0 Å². The molecule has 3 rings (SSSR count). The molecule has 122 valence electrons. The molecule has 1 unspecified atom stereocenters. The fourth-order valence-electron chi connectivity index (χ4n) is 2.58. The molecule has 5 nitrogen and oxygen atoms in total. The molecule has 1 N–H and O–H groups in total. The number of carbonyl (C=O) groups excluding carboxylic acids is 1. The molecule has 5 heteroatoms. The van der Waals surface area contributed by atoms with Crippen molar-refractivity contribution in [1.82, 2.24) is 14.9 Å². The van der Waals surface area contributed by atoms with Gasteiger partial charge in [-0.3, -0.25) is 4.79 Å². The highest BCUT2D eigenvalue weighted by Gasteiger charge is 2.21. The predicted octanol–water partition coefficient (Wildman–Crippen LogP) is 2.95. The van der Waals surface area contributed by atoms with Crippen LogP contribution in [0.1, 0.15) is 27.8 Å². The largest absolute Gasteiger partial charge is 0.497 e. The molecule has 0 saturated heterocycles. The Morgan fingerprint density at radius 2 is 1.96 bits per heavy atom. The van der Waals surface area contributed by atoms with Crippen molar-refractivity contribution in [2.45, 2.75) is 6.04 Å². The molecule has 1 amide bonds. The van der Waals surface area contributed by atoms with Crippen LogP contribution in [0.2, 0.25) is 0 Å². The third kappa shape index (κ3) is 3.30. The van der Waals surface area contributed by atoms with E-state index in [0.717, 1.165) is 11.4 Å². The summed E-state index contributed by atoms with van der Waals surface area (Å²) in [6.07, 6.45) is 3.59. The fourth-order valence-corrected chi connectivity index (χ4v) is 2.58. The standard InChI is InChI=1S/C19H19N3O2/c1-22-12-11-20-18(22)17(14-7-4-3-5-8-14)21-19(23)15-9-6-10-16(13-15)24-2/h3-13,17H,1-2H3,(H,21,23). The van der Waals surface area contributed by atoms with E-state index in [9.17, 15) is 4.79 Å². The second-order valence-corrected chi connectivity index (χ2v) is 5.45. The maximum atomic E-state index is 12.7. The highest BCUT2D eigenvalue weighted by Crippen LogP contribution is 2.21. The molecule has 0 fully saturated rings. The third-order valence-electron chi connectivity index (χ3n) is 3.86. The summed E-state index contributed by atoms with van der Waals surface area (Å²) < 4.78 is 7.10. The molecule has 1 heterocycles. The van der Waals surface area contributed by atoms with Crippen molar-refractivity contribution in [3.8, 4) is 5.75 Å². The third-order valence-corrected chi connectivity index (χ3v) is 3.86. The number of nitrogens with one attached hydrogen (secondary N) is 1. The number of benzene rings is 2. The number of carbonyl (C=O) groups is 1. The Bertz CT molecular complexity index is 827. The topological polar surface area (TPSA) is 56.1 Å². The summed E-state index contributed by atoms with van der Waals surface area (Å²) in [7, 11) is 3.49. The van der Waals surface area contributed by atoms with Gasteiger partial charge in [0.05, 0.1) is 7.11 Å². The Hall–Kier alpha value is -3.08. The van der Waals surface area contributed by atoms with E-state index in [1.54, 1.807) is 31.5 Å². The first kappa shape index (κ1) is 15.8. The molecule has 0 aliphatic heterocycles. The van der Waals surface area contributed by atoms with E-state index in [1.807, 2.05) is 54.2 Å². The van der Waals surface area contributed by atoms with Crippen LogP contribution in [0, 0.1) is 0 Å². The van der Waals surface area contributed by atoms with Crippen molar-refractivity contribution >= 4 is 5.91 Å². The Morgan fingerprint density at radius 3 is 2.62 bits per heavy atom. The lowest BCUT2D eigenvalue weighted by Crippen LogP contribution is -2.31. The molecule has 0 bridgehead atoms. The summed E-state index contributed by atoms with van der Waals surface area (Å²) in [5.41, 5.74) is 1.52. The maximum Gasteiger partial charge on any atom is 0.252 e. The van der Waals surface area contributed by atoms with Gasteiger partial charge in [0.1, 0.15) is 17.6 Å². The molecular weight excluding hydrogens is 302 g/mol. The molecule has 1 aromatic heterocycles. The van der Waals surface area contributed by atoms with E-state index in [0.29, 0.717) is 11.3 Å². The van der Waals surface area contributed by atoms with E-state index in [1.165, 1.54) is 0 Å². The molecule has 0 aliphatic rings. The number of aryl methyl sites for hydroxylation is 1. The Kier molecular flexibility index (Phi) is 4.61. The number of amides is 1. The van der Waals surface area contributed by atoms with Crippen LogP contribution in [-0.4, -0.2) is 22.6 Å². The number of nitrogens with zero attached hydrogens (tertiary/aromatic N) is 2. The highest BCUT2D eigenvalue weighted by atomic mass is 16.5. The monoisotopic (exact) mass is 321 g/mol. The van der Waals surface area contributed by atoms with Gasteiger partial charge in [-0.15, -0.1) is 0 Å². The Balaban J connectivity index is 1.92. The minimum Gasteiger partial charge on any atom is -0.497 e. The van der Waals surface area contributed by atoms with E-state index < -0.39 is 0 Å². The van der Waals surface area contributed by atoms with Crippen LogP contribution in [0.4, 0.5) is 0 Å². The quantitative estimate of drug-likeness (QED) is 0.786. The molecular formula is C19H19N3O2. The lowest BCUT2D eigenvalue weighted by molar-refractivity contribution is 0.0941. The first-order valence-corrected chi connectivity index (χ1v) is 7.66. The highest BCUT2D eigenvalue weighted by molar-refractivity contribution is 5.95. The van der Waals surface area contributed by atoms with E-state index >= 15 is 0 Å². The van der Waals surface area contributed by atoms with Gasteiger partial charge in [0.25, 0.3) is 5.91 Å². The van der Waals surface area contributed by atoms with Gasteiger partial charge in [-0.1, -0.05) is 36.4 Å². The molecule has 0 saturated carbocycles. The van der Waals surface area contributed by atoms with Gasteiger partial charge in [-0.05, 0) is 23.8 Å². The van der Waals surface area contributed by atoms with Crippen molar-refractivity contribution in [2.24, 2.45) is 7.05 Å². The second-order valence-electron chi connectivity index (χ2n) is 5.45. The minimum absolute atomic E-state index is 0.175. The lowest BCUT2D eigenvalue weighted by Gasteiger charge is -2.19. The number of rotatable bonds is 5. The zero-order valence-electron chi connectivity index (χ0n) is 13.6. The lowest BCUT2D eigenvalue weighted by atomic mass is 10.1. The smallest absolute Gasteiger partial charge is 0.252 e. The normalized spacial score (nSPS) is 11.8. The SMILES string of the molecule is COc1cccc(C(=O)NC(c2ccccc2)c2nccn2C)c1. The predicted molar refractivity (Wildman–Crippen MR) is 92.0 cm³/mol. The van der Waals surface area contributed by atoms with Crippen molar-refractivity contribution < 1.29 is 9.53 Å². The van der Waals surface area contributed by atoms with Gasteiger partial charge in [-0.25, -0.2) is 4.98 Å². The van der Waals surface area contributed by atoms with Gasteiger partial charge >= 0.3 is 0 Å². The van der Waals surface area contributed by atoms with Crippen LogP contribution >= 0.6 is 0 Å². The average molecular weight is 321 g/mol. The number of imidazole rings is 1. The summed E-state index contributed by atoms with van der Waals surface area (Å²) in [6, 6.07) is 16.6. The van der Waals surface area contributed by atoms with Crippen LogP contribution in [0.5, 0.6) is 5.75 Å². The van der Waals surface area contributed by atoms with Crippen LogP contribution in [-0.2, 0) is 7.05 Å². The molecule has 24 heavy (non-hydrogen) atoms. The second kappa shape index (κ2) is 7.00. The maximum absolute atomic E-state index is 12.7. The number of hydrogen-bond acceptors (Lipinski definition) is 3. The number of methoxy groups -OCH3 is 1. The zero-order chi connectivity index (χ0) is 16.9. The molecule has 0 spiro atoms. The van der Waals surface area contributed by atoms with Gasteiger partial charge in [0.15, 0.2) is 0 Å². The first-order valence-electron chi connectivity index (χ1n) is 7.66. The number of aromatic nitrogens is 2. The molecule has 3 aromatic rings. The van der Waals surface area contributed by atoms with E-state index in [2.05, 4.69) is 10.3 Å². The molecule has 0 aliphatic carbocycles. The Labute approximate surface area is 140 Å². The summed E-state index contributed by atoms with van der Waals surface area (Å²) in [5, 5.41) is 3.07. The van der Waals surface area contributed by atoms with Crippen molar-refractivity contribution in [3.63, 3.8) is 0 Å². The average Bonchev–Trinajstić information content (AvgIpc) is 3.06. The minimum atomic E-state index is -0.329. The van der Waals surface area contributed by atoms with Crippen molar-refractivity contribution in [3.05, 3.63) is 83.9 Å². The number of ether oxygens (including phenoxy) is 1. The fraction of sp³-hybridized carbons (Fsp3) is 0.158. The van der Waals surface area contributed by atoms with Crippen molar-refractivity contribution in [2.75, 3.05) is 7.11 Å². The van der Waals surface area contributed by atoms with Gasteiger partial charge < -0.3 is 14.6 Å². The van der Waals surface area contributed by atoms with E-state index in [-0.39, 0.29) is 11.9 Å². The number of hydrogen-bond donors (Lipinski definition) is 1. The van der Waals surface area contributed by atoms with Crippen LogP contribution in [0.3, 0.4) is 0 Å². The van der Waals surface area contributed by atoms with Crippen LogP contribution in [0.25, 0.3) is 0 Å². The summed E-state index contributed by atoms with van der Waals surface area (Å²) >= 11 is 0. The summed E-state index contributed by atoms with van der Waals surface area (Å²) in [4.78, 5) is 17.1. The summed E-state index contributed by atoms with van der Waals surface area (Å²) in [6.45, 7) is 0. The van der Waals surface area contributed by atoms with Gasteiger partial charge in [0.2, 0.25) is 0 Å². The molecule has 1 atom stereocenters. The van der Waals surface area contributed by atoms with Crippen molar-refractivity contribution in [1.29, 1.82) is 0 Å². The van der Waals surface area contributed by atoms with Gasteiger partial charge in [-0.2, -0.15) is 0 Å². The Morgan fingerprint density at radius 1 is 1.17 bits per heavy atom. The summed E-state index contributed by atoms with van der Waals surface area (Å²) in [5.74, 6) is 1.25. The molecule has 2 aromatic carbocycles.